The molecule has 0 bridgehead atoms. The van der Waals surface area contributed by atoms with Gasteiger partial charge < -0.3 is 4.74 Å². The SMILES string of the molecule is Cc1ccc(C(C)C(=O)OC(C)(C)C)s1. The summed E-state index contributed by atoms with van der Waals surface area (Å²) in [5, 5.41) is 0. The molecule has 84 valence electrons. The maximum absolute atomic E-state index is 11.8. The minimum absolute atomic E-state index is 0.149. The maximum Gasteiger partial charge on any atom is 0.314 e. The van der Waals surface area contributed by atoms with Crippen molar-refractivity contribution in [1.82, 2.24) is 0 Å². The smallest absolute Gasteiger partial charge is 0.314 e. The summed E-state index contributed by atoms with van der Waals surface area (Å²) in [5.41, 5.74) is -0.405. The molecule has 0 spiro atoms. The zero-order valence-corrected chi connectivity index (χ0v) is 10.8. The number of ether oxygens (including phenoxy) is 1. The van der Waals surface area contributed by atoms with Crippen LogP contribution in [0.4, 0.5) is 0 Å². The number of hydrogen-bond acceptors (Lipinski definition) is 3. The molecule has 0 aliphatic rings. The highest BCUT2D eigenvalue weighted by Gasteiger charge is 2.23. The molecular formula is C12H18O2S. The Morgan fingerprint density at radius 2 is 2.00 bits per heavy atom. The van der Waals surface area contributed by atoms with Gasteiger partial charge in [-0.05, 0) is 46.8 Å². The molecule has 1 atom stereocenters. The maximum atomic E-state index is 11.8. The first kappa shape index (κ1) is 12.2. The molecule has 1 aromatic rings. The summed E-state index contributed by atoms with van der Waals surface area (Å²) in [4.78, 5) is 14.0. The molecule has 15 heavy (non-hydrogen) atoms. The summed E-state index contributed by atoms with van der Waals surface area (Å²) < 4.78 is 5.33. The molecule has 0 amide bonds. The molecule has 0 fully saturated rings. The molecule has 3 heteroatoms. The van der Waals surface area contributed by atoms with Crippen LogP contribution < -0.4 is 0 Å². The predicted molar refractivity (Wildman–Crippen MR) is 63.3 cm³/mol. The fraction of sp³-hybridized carbons (Fsp3) is 0.583. The number of rotatable bonds is 2. The van der Waals surface area contributed by atoms with Gasteiger partial charge in [-0.2, -0.15) is 0 Å². The number of aryl methyl sites for hydroxylation is 1. The lowest BCUT2D eigenvalue weighted by atomic mass is 10.1. The van der Waals surface area contributed by atoms with E-state index in [4.69, 9.17) is 4.74 Å². The van der Waals surface area contributed by atoms with Crippen LogP contribution in [0.5, 0.6) is 0 Å². The van der Waals surface area contributed by atoms with Gasteiger partial charge >= 0.3 is 5.97 Å². The molecule has 1 rings (SSSR count). The zero-order chi connectivity index (χ0) is 11.6. The van der Waals surface area contributed by atoms with Gasteiger partial charge in [-0.25, -0.2) is 0 Å². The number of carbonyl (C=O) groups excluding carboxylic acids is 1. The van der Waals surface area contributed by atoms with Gasteiger partial charge in [0.15, 0.2) is 0 Å². The molecular weight excluding hydrogens is 208 g/mol. The number of esters is 1. The van der Waals surface area contributed by atoms with Crippen molar-refractivity contribution in [3.05, 3.63) is 21.9 Å². The molecule has 2 nitrogen and oxygen atoms in total. The average Bonchev–Trinajstić information content (AvgIpc) is 2.47. The first-order chi connectivity index (χ1) is 6.79. The Kier molecular flexibility index (Phi) is 3.55. The number of carbonyl (C=O) groups is 1. The summed E-state index contributed by atoms with van der Waals surface area (Å²) >= 11 is 1.65. The molecule has 0 saturated carbocycles. The van der Waals surface area contributed by atoms with E-state index in [1.54, 1.807) is 11.3 Å². The second-order valence-corrected chi connectivity index (χ2v) is 6.02. The molecule has 1 aromatic heterocycles. The average molecular weight is 226 g/mol. The van der Waals surface area contributed by atoms with Gasteiger partial charge in [-0.15, -0.1) is 11.3 Å². The third-order valence-electron chi connectivity index (χ3n) is 1.95. The Morgan fingerprint density at radius 3 is 2.40 bits per heavy atom. The summed E-state index contributed by atoms with van der Waals surface area (Å²) in [6, 6.07) is 4.02. The van der Waals surface area contributed by atoms with Gasteiger partial charge in [0, 0.05) is 9.75 Å². The van der Waals surface area contributed by atoms with Gasteiger partial charge in [0.1, 0.15) is 5.60 Å². The van der Waals surface area contributed by atoms with Gasteiger partial charge in [0.25, 0.3) is 0 Å². The highest BCUT2D eigenvalue weighted by molar-refractivity contribution is 7.12. The van der Waals surface area contributed by atoms with Crippen molar-refractivity contribution >= 4 is 17.3 Å². The fourth-order valence-electron chi connectivity index (χ4n) is 1.19. The summed E-state index contributed by atoms with van der Waals surface area (Å²) in [6.45, 7) is 9.58. The molecule has 0 saturated heterocycles. The van der Waals surface area contributed by atoms with Crippen LogP contribution in [0.25, 0.3) is 0 Å². The van der Waals surface area contributed by atoms with Crippen LogP contribution in [0.1, 0.15) is 43.4 Å². The Balaban J connectivity index is 2.69. The van der Waals surface area contributed by atoms with Crippen molar-refractivity contribution in [2.24, 2.45) is 0 Å². The second-order valence-electron chi connectivity index (χ2n) is 4.70. The predicted octanol–water partition coefficient (Wildman–Crippen LogP) is 3.50. The van der Waals surface area contributed by atoms with E-state index in [1.807, 2.05) is 46.8 Å². The lowest BCUT2D eigenvalue weighted by Gasteiger charge is -2.21. The van der Waals surface area contributed by atoms with Crippen molar-refractivity contribution in [3.63, 3.8) is 0 Å². The van der Waals surface area contributed by atoms with Crippen LogP contribution in [0.15, 0.2) is 12.1 Å². The second kappa shape index (κ2) is 4.35. The molecule has 0 aromatic carbocycles. The van der Waals surface area contributed by atoms with E-state index in [0.29, 0.717) is 0 Å². The topological polar surface area (TPSA) is 26.3 Å². The van der Waals surface area contributed by atoms with Crippen molar-refractivity contribution < 1.29 is 9.53 Å². The fourth-order valence-corrected chi connectivity index (χ4v) is 2.11. The van der Waals surface area contributed by atoms with E-state index >= 15 is 0 Å². The van der Waals surface area contributed by atoms with Gasteiger partial charge in [0.2, 0.25) is 0 Å². The molecule has 0 aliphatic carbocycles. The number of thiophene rings is 1. The molecule has 0 N–H and O–H groups in total. The molecule has 1 heterocycles. The van der Waals surface area contributed by atoms with E-state index in [-0.39, 0.29) is 11.9 Å². The standard InChI is InChI=1S/C12H18O2S/c1-8-6-7-10(15-8)9(2)11(13)14-12(3,4)5/h6-7,9H,1-5H3. The van der Waals surface area contributed by atoms with Crippen molar-refractivity contribution in [1.29, 1.82) is 0 Å². The van der Waals surface area contributed by atoms with Crippen LogP contribution in [-0.2, 0) is 9.53 Å². The minimum atomic E-state index is -0.405. The summed E-state index contributed by atoms with van der Waals surface area (Å²) in [7, 11) is 0. The number of hydrogen-bond donors (Lipinski definition) is 0. The minimum Gasteiger partial charge on any atom is -0.459 e. The monoisotopic (exact) mass is 226 g/mol. The van der Waals surface area contributed by atoms with Gasteiger partial charge in [-0.1, -0.05) is 0 Å². The molecule has 0 radical (unpaired) electrons. The van der Waals surface area contributed by atoms with Crippen molar-refractivity contribution in [2.75, 3.05) is 0 Å². The Bertz CT molecular complexity index is 347. The van der Waals surface area contributed by atoms with Crippen LogP contribution in [-0.4, -0.2) is 11.6 Å². The largest absolute Gasteiger partial charge is 0.459 e. The van der Waals surface area contributed by atoms with Gasteiger partial charge in [-0.3, -0.25) is 4.79 Å². The third kappa shape index (κ3) is 3.67. The van der Waals surface area contributed by atoms with Crippen LogP contribution in [0.2, 0.25) is 0 Å². The molecule has 1 unspecified atom stereocenters. The first-order valence-electron chi connectivity index (χ1n) is 5.09. The van der Waals surface area contributed by atoms with Gasteiger partial charge in [0.05, 0.1) is 5.92 Å². The highest BCUT2D eigenvalue weighted by atomic mass is 32.1. The summed E-state index contributed by atoms with van der Waals surface area (Å²) in [6.07, 6.45) is 0. The van der Waals surface area contributed by atoms with E-state index in [2.05, 4.69) is 0 Å². The zero-order valence-electron chi connectivity index (χ0n) is 9.96. The van der Waals surface area contributed by atoms with Crippen molar-refractivity contribution in [3.8, 4) is 0 Å². The highest BCUT2D eigenvalue weighted by Crippen LogP contribution is 2.26. The Hall–Kier alpha value is -0.830. The third-order valence-corrected chi connectivity index (χ3v) is 3.13. The first-order valence-corrected chi connectivity index (χ1v) is 5.90. The van der Waals surface area contributed by atoms with Crippen LogP contribution in [0.3, 0.4) is 0 Å². The lowest BCUT2D eigenvalue weighted by molar-refractivity contribution is -0.156. The van der Waals surface area contributed by atoms with E-state index < -0.39 is 5.60 Å². The molecule has 0 aliphatic heterocycles. The normalized spacial score (nSPS) is 13.7. The Morgan fingerprint density at radius 1 is 1.40 bits per heavy atom. The van der Waals surface area contributed by atoms with Crippen molar-refractivity contribution in [2.45, 2.75) is 46.1 Å². The summed E-state index contributed by atoms with van der Waals surface area (Å²) in [5.74, 6) is -0.313. The van der Waals surface area contributed by atoms with E-state index in [0.717, 1.165) is 4.88 Å². The van der Waals surface area contributed by atoms with E-state index in [9.17, 15) is 4.79 Å². The Labute approximate surface area is 95.3 Å². The lowest BCUT2D eigenvalue weighted by Crippen LogP contribution is -2.26. The van der Waals surface area contributed by atoms with E-state index in [1.165, 1.54) is 4.88 Å². The van der Waals surface area contributed by atoms with Crippen LogP contribution in [0, 0.1) is 6.92 Å². The van der Waals surface area contributed by atoms with Crippen LogP contribution >= 0.6 is 11.3 Å². The quantitative estimate of drug-likeness (QED) is 0.721.